The summed E-state index contributed by atoms with van der Waals surface area (Å²) in [6, 6.07) is 4.03. The Hall–Kier alpha value is -0.850. The number of hydrogen-bond acceptors (Lipinski definition) is 3. The van der Waals surface area contributed by atoms with Gasteiger partial charge in [-0.1, -0.05) is 0 Å². The van der Waals surface area contributed by atoms with Crippen molar-refractivity contribution in [2.75, 3.05) is 10.7 Å². The summed E-state index contributed by atoms with van der Waals surface area (Å²) in [5.41, 5.74) is 6.58. The average molecular weight is 275 g/mol. The van der Waals surface area contributed by atoms with Crippen LogP contribution in [0, 0.1) is 3.70 Å². The summed E-state index contributed by atoms with van der Waals surface area (Å²) in [5, 5.41) is 4.13. The Morgan fingerprint density at radius 1 is 1.50 bits per heavy atom. The van der Waals surface area contributed by atoms with E-state index in [2.05, 4.69) is 21.1 Å². The summed E-state index contributed by atoms with van der Waals surface area (Å²) in [4.78, 5) is 6.11. The second kappa shape index (κ2) is 2.89. The number of alkyl halides is 1. The van der Waals surface area contributed by atoms with Crippen molar-refractivity contribution in [2.24, 2.45) is 0 Å². The number of nitrogens with two attached hydrogens (primary N) is 1. The first-order valence-electron chi connectivity index (χ1n) is 3.40. The van der Waals surface area contributed by atoms with Crippen molar-refractivity contribution in [3.8, 4) is 0 Å². The molecule has 0 atom stereocenters. The second-order valence-electron chi connectivity index (χ2n) is 2.29. The Labute approximate surface area is 80.0 Å². The van der Waals surface area contributed by atoms with E-state index < -0.39 is 0 Å². The first-order chi connectivity index (χ1) is 5.83. The molecule has 2 heterocycles. The molecule has 0 amide bonds. The van der Waals surface area contributed by atoms with Gasteiger partial charge in [0.2, 0.25) is 0 Å². The van der Waals surface area contributed by atoms with Crippen LogP contribution < -0.4 is 26.9 Å². The molecule has 0 spiro atoms. The average Bonchev–Trinajstić information content (AvgIpc) is 2.49. The number of aromatic nitrogens is 3. The minimum absolute atomic E-state index is 0.0491. The predicted octanol–water partition coefficient (Wildman–Crippen LogP) is -2.80. The Morgan fingerprint density at radius 3 is 3.08 bits per heavy atom. The third kappa shape index (κ3) is 1.04. The molecule has 0 radical (unpaired) electrons. The van der Waals surface area contributed by atoms with Gasteiger partial charge >= 0.3 is 80.0 Å². The van der Waals surface area contributed by atoms with Crippen molar-refractivity contribution in [3.63, 3.8) is 0 Å². The van der Waals surface area contributed by atoms with Gasteiger partial charge in [0.1, 0.15) is 0 Å². The molecule has 4 nitrogen and oxygen atoms in total. The molecular formula is C7H8IN4-. The molecule has 12 heavy (non-hydrogen) atoms. The molecule has 0 aliphatic heterocycles. The Kier molecular flexibility index (Phi) is 1.87. The van der Waals surface area contributed by atoms with Crippen molar-refractivity contribution >= 4 is 11.3 Å². The van der Waals surface area contributed by atoms with E-state index in [9.17, 15) is 0 Å². The zero-order valence-electron chi connectivity index (χ0n) is 6.53. The number of hydrogen-bond donors (Lipinski definition) is 1. The van der Waals surface area contributed by atoms with E-state index >= 15 is 0 Å². The van der Waals surface area contributed by atoms with E-state index in [1.165, 1.54) is 10.0 Å². The standard InChI is InChI=1S/C7H8IN4/c1-8-6-3-2-5-7(9)10-4-11-12(5)6/h2-4H,1H3,(H2,9,10,11)/q-1. The van der Waals surface area contributed by atoms with Crippen LogP contribution in [0.15, 0.2) is 18.5 Å². The molecule has 0 saturated heterocycles. The summed E-state index contributed by atoms with van der Waals surface area (Å²) < 4.78 is 3.13. The van der Waals surface area contributed by atoms with Gasteiger partial charge in [-0.15, -0.1) is 0 Å². The minimum atomic E-state index is 0.0491. The molecule has 0 aromatic carbocycles. The van der Waals surface area contributed by atoms with Gasteiger partial charge in [-0.05, 0) is 0 Å². The number of fused-ring (bicyclic) bond motifs is 1. The van der Waals surface area contributed by atoms with E-state index in [4.69, 9.17) is 5.73 Å². The number of nitrogen functional groups attached to an aromatic ring is 1. The maximum absolute atomic E-state index is 5.66. The molecule has 5 heteroatoms. The van der Waals surface area contributed by atoms with Crippen molar-refractivity contribution in [1.82, 2.24) is 14.6 Å². The SMILES string of the molecule is C[I-]c1ccc2c(N)ncnn12. The maximum atomic E-state index is 5.66. The van der Waals surface area contributed by atoms with Crippen LogP contribution in [0.1, 0.15) is 0 Å². The topological polar surface area (TPSA) is 56.2 Å². The van der Waals surface area contributed by atoms with Crippen molar-refractivity contribution < 1.29 is 21.2 Å². The normalized spacial score (nSPS) is 11.1. The molecule has 2 rings (SSSR count). The Morgan fingerprint density at radius 2 is 2.33 bits per heavy atom. The molecule has 0 bridgehead atoms. The molecule has 0 fully saturated rings. The van der Waals surface area contributed by atoms with Gasteiger partial charge in [0.25, 0.3) is 0 Å². The first kappa shape index (κ1) is 7.78. The van der Waals surface area contributed by atoms with Crippen LogP contribution in [0.4, 0.5) is 5.82 Å². The number of halogens is 1. The van der Waals surface area contributed by atoms with Crippen LogP contribution >= 0.6 is 0 Å². The fourth-order valence-corrected chi connectivity index (χ4v) is 2.44. The Balaban J connectivity index is 2.80. The van der Waals surface area contributed by atoms with Crippen LogP contribution in [0.25, 0.3) is 5.52 Å². The summed E-state index contributed by atoms with van der Waals surface area (Å²) >= 11 is 0.0491. The third-order valence-electron chi connectivity index (χ3n) is 1.63. The predicted molar refractivity (Wildman–Crippen MR) is 42.0 cm³/mol. The van der Waals surface area contributed by atoms with E-state index in [1.54, 1.807) is 0 Å². The molecule has 0 aliphatic rings. The van der Waals surface area contributed by atoms with Gasteiger partial charge in [-0.25, -0.2) is 0 Å². The molecular weight excluding hydrogens is 267 g/mol. The molecule has 0 saturated carbocycles. The third-order valence-corrected chi connectivity index (χ3v) is 3.55. The monoisotopic (exact) mass is 275 g/mol. The van der Waals surface area contributed by atoms with Crippen LogP contribution in [-0.2, 0) is 0 Å². The first-order valence-corrected chi connectivity index (χ1v) is 6.64. The van der Waals surface area contributed by atoms with Gasteiger partial charge in [0, 0.05) is 0 Å². The van der Waals surface area contributed by atoms with Gasteiger partial charge in [-0.3, -0.25) is 0 Å². The fourth-order valence-electron chi connectivity index (χ4n) is 1.06. The molecule has 2 aromatic rings. The molecule has 0 unspecified atom stereocenters. The van der Waals surface area contributed by atoms with Crippen LogP contribution in [0.5, 0.6) is 0 Å². The summed E-state index contributed by atoms with van der Waals surface area (Å²) in [6.07, 6.45) is 1.49. The molecule has 0 aliphatic carbocycles. The van der Waals surface area contributed by atoms with Crippen LogP contribution in [0.3, 0.4) is 0 Å². The Bertz CT molecular complexity index is 409. The van der Waals surface area contributed by atoms with Crippen LogP contribution in [-0.4, -0.2) is 19.5 Å². The van der Waals surface area contributed by atoms with Crippen molar-refractivity contribution in [3.05, 3.63) is 22.2 Å². The van der Waals surface area contributed by atoms with E-state index in [-0.39, 0.29) is 21.2 Å². The van der Waals surface area contributed by atoms with Gasteiger partial charge < -0.3 is 0 Å². The van der Waals surface area contributed by atoms with Gasteiger partial charge in [-0.2, -0.15) is 0 Å². The van der Waals surface area contributed by atoms with E-state index in [0.29, 0.717) is 5.82 Å². The zero-order valence-corrected chi connectivity index (χ0v) is 8.69. The van der Waals surface area contributed by atoms with E-state index in [0.717, 1.165) is 5.52 Å². The second-order valence-corrected chi connectivity index (χ2v) is 4.47. The molecule has 64 valence electrons. The number of anilines is 1. The summed E-state index contributed by atoms with van der Waals surface area (Å²) in [6.45, 7) is 0. The quantitative estimate of drug-likeness (QED) is 0.452. The van der Waals surface area contributed by atoms with Gasteiger partial charge in [0.05, 0.1) is 0 Å². The summed E-state index contributed by atoms with van der Waals surface area (Å²) in [7, 11) is 0. The number of nitrogens with zero attached hydrogens (tertiary/aromatic N) is 3. The number of rotatable bonds is 1. The molecule has 2 aromatic heterocycles. The van der Waals surface area contributed by atoms with Crippen molar-refractivity contribution in [1.29, 1.82) is 0 Å². The van der Waals surface area contributed by atoms with E-state index in [1.807, 2.05) is 10.6 Å². The fraction of sp³-hybridized carbons (Fsp3) is 0.143. The van der Waals surface area contributed by atoms with Crippen molar-refractivity contribution in [2.45, 2.75) is 0 Å². The van der Waals surface area contributed by atoms with Gasteiger partial charge in [0.15, 0.2) is 0 Å². The summed E-state index contributed by atoms with van der Waals surface area (Å²) in [5.74, 6) is 0.550. The zero-order chi connectivity index (χ0) is 8.55. The molecule has 2 N–H and O–H groups in total. The van der Waals surface area contributed by atoms with Crippen LogP contribution in [0.2, 0.25) is 0 Å².